The molecule has 4 rings (SSSR count). The summed E-state index contributed by atoms with van der Waals surface area (Å²) in [7, 11) is 5.56. The van der Waals surface area contributed by atoms with Crippen molar-refractivity contribution in [3.63, 3.8) is 0 Å². The van der Waals surface area contributed by atoms with Gasteiger partial charge in [-0.3, -0.25) is 0 Å². The highest BCUT2D eigenvalue weighted by Crippen LogP contribution is 2.49. The summed E-state index contributed by atoms with van der Waals surface area (Å²) < 4.78 is 11.1. The molecule has 2 aromatic carbocycles. The number of amides is 2. The Hall–Kier alpha value is -2.73. The van der Waals surface area contributed by atoms with Gasteiger partial charge < -0.3 is 25.0 Å². The van der Waals surface area contributed by atoms with Gasteiger partial charge in [-0.15, -0.1) is 0 Å². The number of nitrogens with one attached hydrogen (secondary N) is 2. The van der Waals surface area contributed by atoms with Crippen molar-refractivity contribution >= 4 is 11.7 Å². The molecule has 6 nitrogen and oxygen atoms in total. The number of hydrogen-bond acceptors (Lipinski definition) is 4. The minimum atomic E-state index is -0.124. The van der Waals surface area contributed by atoms with Crippen molar-refractivity contribution in [3.8, 4) is 11.5 Å². The predicted molar refractivity (Wildman–Crippen MR) is 137 cm³/mol. The molecule has 1 saturated heterocycles. The fraction of sp³-hybridized carbons (Fsp3) is 0.536. The highest BCUT2D eigenvalue weighted by Gasteiger charge is 2.50. The molecule has 6 heteroatoms. The van der Waals surface area contributed by atoms with Crippen LogP contribution < -0.4 is 20.1 Å². The van der Waals surface area contributed by atoms with Crippen molar-refractivity contribution in [1.82, 2.24) is 10.2 Å². The van der Waals surface area contributed by atoms with E-state index in [4.69, 9.17) is 9.47 Å². The van der Waals surface area contributed by atoms with E-state index in [1.165, 1.54) is 5.56 Å². The third-order valence-electron chi connectivity index (χ3n) is 7.80. The van der Waals surface area contributed by atoms with E-state index in [0.29, 0.717) is 6.04 Å². The number of rotatable bonds is 5. The van der Waals surface area contributed by atoms with E-state index in [2.05, 4.69) is 61.6 Å². The van der Waals surface area contributed by atoms with Crippen molar-refractivity contribution in [3.05, 3.63) is 53.6 Å². The molecule has 0 unspecified atom stereocenters. The maximum atomic E-state index is 13.0. The number of nitrogens with zero attached hydrogens (tertiary/aromatic N) is 1. The van der Waals surface area contributed by atoms with Crippen molar-refractivity contribution in [2.75, 3.05) is 33.1 Å². The fourth-order valence-corrected chi connectivity index (χ4v) is 5.98. The molecule has 2 N–H and O–H groups in total. The number of para-hydroxylation sites is 1. The Bertz CT molecular complexity index is 1030. The molecule has 34 heavy (non-hydrogen) atoms. The SMILES string of the molecule is COc1ccc([C@@]23CC[C@H](NC(=O)Nc4ccccc4C(C)(C)C)C[C@H]2N(C)CC3)cc1OC. The van der Waals surface area contributed by atoms with Gasteiger partial charge in [0, 0.05) is 23.2 Å². The van der Waals surface area contributed by atoms with E-state index in [9.17, 15) is 4.79 Å². The first-order valence-electron chi connectivity index (χ1n) is 12.3. The molecule has 1 aliphatic carbocycles. The third-order valence-corrected chi connectivity index (χ3v) is 7.80. The molecule has 184 valence electrons. The standard InChI is InChI=1S/C28H39N3O3/c1-27(2,3)21-9-7-8-10-22(21)30-26(32)29-20-13-14-28(15-16-31(4)25(28)18-20)19-11-12-23(33-5)24(17-19)34-6/h7-12,17,20,25H,13-16,18H2,1-6H3,(H2,29,30,32)/t20-,25+,28-/m0/s1. The Labute approximate surface area is 204 Å². The summed E-state index contributed by atoms with van der Waals surface area (Å²) in [5, 5.41) is 6.38. The Morgan fingerprint density at radius 3 is 2.50 bits per heavy atom. The summed E-state index contributed by atoms with van der Waals surface area (Å²) in [6.45, 7) is 7.54. The maximum Gasteiger partial charge on any atom is 0.319 e. The van der Waals surface area contributed by atoms with E-state index in [0.717, 1.165) is 55.0 Å². The largest absolute Gasteiger partial charge is 0.493 e. The van der Waals surface area contributed by atoms with Gasteiger partial charge in [-0.25, -0.2) is 4.79 Å². The number of ether oxygens (including phenoxy) is 2. The Morgan fingerprint density at radius 1 is 1.06 bits per heavy atom. The van der Waals surface area contributed by atoms with Gasteiger partial charge in [0.05, 0.1) is 14.2 Å². The molecular weight excluding hydrogens is 426 g/mol. The number of hydrogen-bond donors (Lipinski definition) is 2. The summed E-state index contributed by atoms with van der Waals surface area (Å²) in [5.74, 6) is 1.54. The molecule has 1 saturated carbocycles. The van der Waals surface area contributed by atoms with Gasteiger partial charge >= 0.3 is 6.03 Å². The quantitative estimate of drug-likeness (QED) is 0.628. The average molecular weight is 466 g/mol. The molecule has 2 aliphatic rings. The lowest BCUT2D eigenvalue weighted by Crippen LogP contribution is -2.52. The number of likely N-dealkylation sites (N-methyl/N-ethyl adjacent to an activating group) is 1. The zero-order valence-corrected chi connectivity index (χ0v) is 21.4. The van der Waals surface area contributed by atoms with Crippen molar-refractivity contribution in [2.24, 2.45) is 0 Å². The first kappa shape index (κ1) is 24.4. The molecule has 0 bridgehead atoms. The van der Waals surface area contributed by atoms with Crippen molar-refractivity contribution in [2.45, 2.75) is 69.4 Å². The second-order valence-electron chi connectivity index (χ2n) is 10.8. The summed E-state index contributed by atoms with van der Waals surface area (Å²) >= 11 is 0. The molecule has 1 heterocycles. The number of methoxy groups -OCH3 is 2. The van der Waals surface area contributed by atoms with E-state index in [1.54, 1.807) is 14.2 Å². The molecule has 2 aromatic rings. The van der Waals surface area contributed by atoms with Gasteiger partial charge in [0.25, 0.3) is 0 Å². The second kappa shape index (κ2) is 9.49. The van der Waals surface area contributed by atoms with E-state index in [-0.39, 0.29) is 22.9 Å². The number of fused-ring (bicyclic) bond motifs is 1. The molecule has 0 aromatic heterocycles. The fourth-order valence-electron chi connectivity index (χ4n) is 5.98. The Kier molecular flexibility index (Phi) is 6.81. The Balaban J connectivity index is 1.49. The first-order chi connectivity index (χ1) is 16.2. The van der Waals surface area contributed by atoms with Crippen LogP contribution in [0.1, 0.15) is 57.6 Å². The van der Waals surface area contributed by atoms with Crippen LogP contribution in [0.5, 0.6) is 11.5 Å². The highest BCUT2D eigenvalue weighted by atomic mass is 16.5. The van der Waals surface area contributed by atoms with Gasteiger partial charge in [0.1, 0.15) is 0 Å². The number of anilines is 1. The van der Waals surface area contributed by atoms with Gasteiger partial charge in [0.15, 0.2) is 11.5 Å². The van der Waals surface area contributed by atoms with Crippen LogP contribution in [0.25, 0.3) is 0 Å². The van der Waals surface area contributed by atoms with Crippen LogP contribution in [0.4, 0.5) is 10.5 Å². The van der Waals surface area contributed by atoms with E-state index < -0.39 is 0 Å². The van der Waals surface area contributed by atoms with Gasteiger partial charge in [-0.05, 0) is 74.0 Å². The smallest absolute Gasteiger partial charge is 0.319 e. The number of carbonyl (C=O) groups excluding carboxylic acids is 1. The minimum Gasteiger partial charge on any atom is -0.493 e. The minimum absolute atomic E-state index is 0.0414. The molecule has 0 spiro atoms. The van der Waals surface area contributed by atoms with Crippen molar-refractivity contribution in [1.29, 1.82) is 0 Å². The number of likely N-dealkylation sites (tertiary alicyclic amines) is 1. The third kappa shape index (κ3) is 4.61. The lowest BCUT2D eigenvalue weighted by Gasteiger charge is -2.45. The van der Waals surface area contributed by atoms with E-state index >= 15 is 0 Å². The molecule has 0 radical (unpaired) electrons. The molecule has 1 aliphatic heterocycles. The van der Waals surface area contributed by atoms with Crippen LogP contribution >= 0.6 is 0 Å². The summed E-state index contributed by atoms with van der Waals surface area (Å²) in [6.07, 6.45) is 4.02. The number of carbonyl (C=O) groups is 1. The monoisotopic (exact) mass is 465 g/mol. The second-order valence-corrected chi connectivity index (χ2v) is 10.8. The van der Waals surface area contributed by atoms with Crippen LogP contribution in [-0.4, -0.2) is 50.8 Å². The Morgan fingerprint density at radius 2 is 1.79 bits per heavy atom. The van der Waals surface area contributed by atoms with Gasteiger partial charge in [-0.2, -0.15) is 0 Å². The lowest BCUT2D eigenvalue weighted by molar-refractivity contribution is 0.156. The van der Waals surface area contributed by atoms with Crippen LogP contribution in [0.3, 0.4) is 0 Å². The van der Waals surface area contributed by atoms with Gasteiger partial charge in [0.2, 0.25) is 0 Å². The zero-order chi connectivity index (χ0) is 24.5. The zero-order valence-electron chi connectivity index (χ0n) is 21.4. The summed E-state index contributed by atoms with van der Waals surface area (Å²) in [6, 6.07) is 14.8. The van der Waals surface area contributed by atoms with Crippen molar-refractivity contribution < 1.29 is 14.3 Å². The van der Waals surface area contributed by atoms with Crippen LogP contribution in [0.2, 0.25) is 0 Å². The average Bonchev–Trinajstić information content (AvgIpc) is 3.15. The molecule has 2 amide bonds. The normalized spacial score (nSPS) is 24.9. The topological polar surface area (TPSA) is 62.8 Å². The van der Waals surface area contributed by atoms with E-state index in [1.807, 2.05) is 24.3 Å². The van der Waals surface area contributed by atoms with Crippen LogP contribution in [0, 0.1) is 0 Å². The number of benzene rings is 2. The molecule has 2 fully saturated rings. The molecular formula is C28H39N3O3. The summed E-state index contributed by atoms with van der Waals surface area (Å²) in [5.41, 5.74) is 3.35. The van der Waals surface area contributed by atoms with Gasteiger partial charge in [-0.1, -0.05) is 45.0 Å². The summed E-state index contributed by atoms with van der Waals surface area (Å²) in [4.78, 5) is 15.4. The van der Waals surface area contributed by atoms with Crippen LogP contribution in [0.15, 0.2) is 42.5 Å². The number of urea groups is 1. The lowest BCUT2D eigenvalue weighted by atomic mass is 9.65. The highest BCUT2D eigenvalue weighted by molar-refractivity contribution is 5.90. The first-order valence-corrected chi connectivity index (χ1v) is 12.3. The predicted octanol–water partition coefficient (Wildman–Crippen LogP) is 5.32. The molecule has 3 atom stereocenters. The van der Waals surface area contributed by atoms with Crippen LogP contribution in [-0.2, 0) is 10.8 Å². The maximum absolute atomic E-state index is 13.0.